The molecule has 1 atom stereocenters. The van der Waals surface area contributed by atoms with Gasteiger partial charge in [0.15, 0.2) is 15.5 Å². The number of hydrogen-bond donors (Lipinski definition) is 0. The predicted octanol–water partition coefficient (Wildman–Crippen LogP) is 4.28. The highest BCUT2D eigenvalue weighted by atomic mass is 32.2. The monoisotopic (exact) mass is 468 g/mol. The van der Waals surface area contributed by atoms with Gasteiger partial charge < -0.3 is 9.30 Å². The predicted molar refractivity (Wildman–Crippen MR) is 126 cm³/mol. The van der Waals surface area contributed by atoms with Gasteiger partial charge in [0.25, 0.3) is 0 Å². The Kier molecular flexibility index (Phi) is 5.78. The number of rotatable bonds is 3. The lowest BCUT2D eigenvalue weighted by atomic mass is 10.0. The van der Waals surface area contributed by atoms with Gasteiger partial charge in [-0.25, -0.2) is 23.2 Å². The van der Waals surface area contributed by atoms with Gasteiger partial charge in [0.1, 0.15) is 11.4 Å². The Labute approximate surface area is 193 Å². The molecule has 1 unspecified atom stereocenters. The van der Waals surface area contributed by atoms with Gasteiger partial charge in [0.2, 0.25) is 0 Å². The van der Waals surface area contributed by atoms with Crippen LogP contribution in [0.25, 0.3) is 22.6 Å². The van der Waals surface area contributed by atoms with Crippen molar-refractivity contribution in [3.05, 3.63) is 54.2 Å². The average Bonchev–Trinajstić information content (AvgIpc) is 3.08. The van der Waals surface area contributed by atoms with E-state index in [1.165, 1.54) is 6.26 Å². The van der Waals surface area contributed by atoms with Crippen molar-refractivity contribution in [3.63, 3.8) is 0 Å². The van der Waals surface area contributed by atoms with Gasteiger partial charge in [-0.05, 0) is 63.1 Å². The minimum Gasteiger partial charge on any atom is -0.444 e. The number of carbonyl (C=O) groups excluding carboxylic acids is 1. The lowest BCUT2D eigenvalue weighted by molar-refractivity contribution is 0.0176. The summed E-state index contributed by atoms with van der Waals surface area (Å²) in [5.41, 5.74) is 2.53. The molecule has 0 fully saturated rings. The van der Waals surface area contributed by atoms with Crippen LogP contribution in [0.1, 0.15) is 38.8 Å². The van der Waals surface area contributed by atoms with Crippen molar-refractivity contribution < 1.29 is 17.9 Å². The summed E-state index contributed by atoms with van der Waals surface area (Å²) in [6.45, 7) is 6.04. The molecule has 9 heteroatoms. The molecule has 3 heterocycles. The number of aryl methyl sites for hydroxylation is 1. The molecular weight excluding hydrogens is 440 g/mol. The third-order valence-corrected chi connectivity index (χ3v) is 6.65. The summed E-state index contributed by atoms with van der Waals surface area (Å²) in [5, 5.41) is 0. The quantitative estimate of drug-likeness (QED) is 0.533. The fourth-order valence-corrected chi connectivity index (χ4v) is 4.51. The molecule has 8 nitrogen and oxygen atoms in total. The van der Waals surface area contributed by atoms with E-state index in [0.29, 0.717) is 24.4 Å². The van der Waals surface area contributed by atoms with Crippen LogP contribution in [0.3, 0.4) is 0 Å². The molecule has 174 valence electrons. The van der Waals surface area contributed by atoms with Crippen molar-refractivity contribution in [2.45, 2.75) is 43.7 Å². The maximum atomic E-state index is 12.8. The first kappa shape index (κ1) is 23.0. The fraction of sp³-hybridized carbons (Fsp3) is 0.375. The number of imidazole rings is 1. The highest BCUT2D eigenvalue weighted by molar-refractivity contribution is 7.90. The number of amides is 1. The topological polar surface area (TPSA) is 94.4 Å². The third kappa shape index (κ3) is 4.78. The Balaban J connectivity index is 1.69. The van der Waals surface area contributed by atoms with Crippen LogP contribution in [-0.2, 0) is 21.6 Å². The van der Waals surface area contributed by atoms with Crippen molar-refractivity contribution in [2.24, 2.45) is 7.05 Å². The number of fused-ring (bicyclic) bond motifs is 1. The van der Waals surface area contributed by atoms with Crippen molar-refractivity contribution in [1.82, 2.24) is 19.4 Å². The van der Waals surface area contributed by atoms with E-state index in [0.717, 1.165) is 16.6 Å². The van der Waals surface area contributed by atoms with Crippen LogP contribution >= 0.6 is 0 Å². The molecule has 4 rings (SSSR count). The van der Waals surface area contributed by atoms with E-state index in [4.69, 9.17) is 4.74 Å². The zero-order valence-electron chi connectivity index (χ0n) is 19.4. The number of sulfone groups is 1. The normalized spacial score (nSPS) is 16.9. The second-order valence-corrected chi connectivity index (χ2v) is 11.3. The molecule has 0 saturated heterocycles. The maximum absolute atomic E-state index is 12.8. The molecule has 1 amide bonds. The lowest BCUT2D eigenvalue weighted by Gasteiger charge is -2.34. The van der Waals surface area contributed by atoms with Gasteiger partial charge in [0, 0.05) is 31.6 Å². The highest BCUT2D eigenvalue weighted by Crippen LogP contribution is 2.32. The van der Waals surface area contributed by atoms with Crippen LogP contribution in [-0.4, -0.2) is 52.3 Å². The number of pyridine rings is 1. The maximum Gasteiger partial charge on any atom is 0.411 e. The van der Waals surface area contributed by atoms with Crippen molar-refractivity contribution in [1.29, 1.82) is 0 Å². The SMILES string of the molecule is Cn1c(-c2ccc(S(C)(=O)=O)cc2)nc2ncc(C3CC=CCN3C(=O)OC(C)(C)C)cc21. The molecule has 2 aromatic heterocycles. The largest absolute Gasteiger partial charge is 0.444 e. The van der Waals surface area contributed by atoms with E-state index < -0.39 is 15.4 Å². The summed E-state index contributed by atoms with van der Waals surface area (Å²) in [5.74, 6) is 0.683. The van der Waals surface area contributed by atoms with Crippen molar-refractivity contribution in [2.75, 3.05) is 12.8 Å². The molecule has 0 N–H and O–H groups in total. The van der Waals surface area contributed by atoms with E-state index in [-0.39, 0.29) is 17.0 Å². The van der Waals surface area contributed by atoms with Gasteiger partial charge in [-0.3, -0.25) is 4.90 Å². The van der Waals surface area contributed by atoms with Crippen LogP contribution < -0.4 is 0 Å². The lowest BCUT2D eigenvalue weighted by Crippen LogP contribution is -2.40. The van der Waals surface area contributed by atoms with Crippen LogP contribution in [0.15, 0.2) is 53.6 Å². The molecule has 1 aromatic carbocycles. The molecule has 0 bridgehead atoms. The van der Waals surface area contributed by atoms with E-state index in [1.54, 1.807) is 35.4 Å². The van der Waals surface area contributed by atoms with E-state index in [9.17, 15) is 13.2 Å². The molecular formula is C24H28N4O4S. The first-order chi connectivity index (χ1) is 15.4. The summed E-state index contributed by atoms with van der Waals surface area (Å²) in [7, 11) is -1.37. The summed E-state index contributed by atoms with van der Waals surface area (Å²) < 4.78 is 31.0. The van der Waals surface area contributed by atoms with E-state index in [1.807, 2.05) is 44.5 Å². The first-order valence-corrected chi connectivity index (χ1v) is 12.6. The second-order valence-electron chi connectivity index (χ2n) is 9.26. The summed E-state index contributed by atoms with van der Waals surface area (Å²) in [6, 6.07) is 8.47. The minimum atomic E-state index is -3.27. The van der Waals surface area contributed by atoms with Crippen molar-refractivity contribution >= 4 is 27.1 Å². The number of nitrogens with zero attached hydrogens (tertiary/aromatic N) is 4. The van der Waals surface area contributed by atoms with Gasteiger partial charge in [-0.15, -0.1) is 0 Å². The standard InChI is InChI=1S/C24H28N4O4S/c1-24(2,3)32-23(29)28-13-7-6-8-19(28)17-14-20-21(25-15-17)26-22(27(20)4)16-9-11-18(12-10-16)33(5,30)31/h6-7,9-12,14-15,19H,8,13H2,1-5H3. The van der Waals surface area contributed by atoms with Gasteiger partial charge >= 0.3 is 6.09 Å². The number of hydrogen-bond acceptors (Lipinski definition) is 6. The summed E-state index contributed by atoms with van der Waals surface area (Å²) in [4.78, 5) is 24.0. The number of ether oxygens (including phenoxy) is 1. The number of carbonyl (C=O) groups is 1. The van der Waals surface area contributed by atoms with E-state index >= 15 is 0 Å². The smallest absolute Gasteiger partial charge is 0.411 e. The Hall–Kier alpha value is -3.20. The Morgan fingerprint density at radius 1 is 1.15 bits per heavy atom. The zero-order chi connectivity index (χ0) is 24.0. The van der Waals surface area contributed by atoms with Crippen LogP contribution in [0, 0.1) is 0 Å². The summed E-state index contributed by atoms with van der Waals surface area (Å²) in [6.07, 6.45) is 7.29. The number of aromatic nitrogens is 3. The molecule has 0 aliphatic carbocycles. The Morgan fingerprint density at radius 2 is 1.85 bits per heavy atom. The average molecular weight is 469 g/mol. The molecule has 0 radical (unpaired) electrons. The highest BCUT2D eigenvalue weighted by Gasteiger charge is 2.30. The van der Waals surface area contributed by atoms with Crippen LogP contribution in [0.5, 0.6) is 0 Å². The van der Waals surface area contributed by atoms with Crippen molar-refractivity contribution in [3.8, 4) is 11.4 Å². The Morgan fingerprint density at radius 3 is 2.48 bits per heavy atom. The van der Waals surface area contributed by atoms with Crippen LogP contribution in [0.4, 0.5) is 4.79 Å². The Bertz CT molecular complexity index is 1340. The minimum absolute atomic E-state index is 0.186. The zero-order valence-corrected chi connectivity index (χ0v) is 20.3. The fourth-order valence-electron chi connectivity index (χ4n) is 3.88. The van der Waals surface area contributed by atoms with Crippen LogP contribution in [0.2, 0.25) is 0 Å². The molecule has 33 heavy (non-hydrogen) atoms. The molecule has 1 aliphatic heterocycles. The van der Waals surface area contributed by atoms with Gasteiger partial charge in [0.05, 0.1) is 16.5 Å². The van der Waals surface area contributed by atoms with E-state index in [2.05, 4.69) is 16.0 Å². The molecule has 3 aromatic rings. The molecule has 0 saturated carbocycles. The number of benzene rings is 1. The molecule has 0 spiro atoms. The third-order valence-electron chi connectivity index (χ3n) is 5.52. The first-order valence-electron chi connectivity index (χ1n) is 10.7. The second kappa shape index (κ2) is 8.30. The summed E-state index contributed by atoms with van der Waals surface area (Å²) >= 11 is 0. The van der Waals surface area contributed by atoms with Gasteiger partial charge in [-0.2, -0.15) is 0 Å². The molecule has 1 aliphatic rings. The van der Waals surface area contributed by atoms with Gasteiger partial charge in [-0.1, -0.05) is 12.2 Å².